The molecule has 2 N–H and O–H groups in total. The van der Waals surface area contributed by atoms with Crippen LogP contribution in [0.1, 0.15) is 42.1 Å². The van der Waals surface area contributed by atoms with Crippen LogP contribution >= 0.6 is 0 Å². The van der Waals surface area contributed by atoms with Gasteiger partial charge >= 0.3 is 0 Å². The minimum absolute atomic E-state index is 0.0201. The molecule has 5 rings (SSSR count). The van der Waals surface area contributed by atoms with Gasteiger partial charge in [0.15, 0.2) is 5.78 Å². The monoisotopic (exact) mass is 474 g/mol. The van der Waals surface area contributed by atoms with Gasteiger partial charge in [0.05, 0.1) is 20.0 Å². The standard InChI is InChI=1S/C26H30N6O3/c1-16-9-18(16)12-32-24-23(21(11-27)25(32)30-8-4-6-19(28)13-30)29-15-31(26(24)34)14-22(33)17-5-3-7-20(10-17)35-2/h3,5,7,10,15-16,18-19H,4,6,8-9,12-14,28H2,1-2H3/t16-,18?,19?/m1/s1. The van der Waals surface area contributed by atoms with Crippen LogP contribution in [0.5, 0.6) is 5.75 Å². The molecule has 3 atom stereocenters. The summed E-state index contributed by atoms with van der Waals surface area (Å²) >= 11 is 0. The van der Waals surface area contributed by atoms with Crippen molar-refractivity contribution in [3.63, 3.8) is 0 Å². The number of anilines is 1. The highest BCUT2D eigenvalue weighted by molar-refractivity contribution is 5.96. The molecule has 0 bridgehead atoms. The number of ketones is 1. The fourth-order valence-electron chi connectivity index (χ4n) is 5.11. The lowest BCUT2D eigenvalue weighted by Gasteiger charge is -2.33. The average Bonchev–Trinajstić information content (AvgIpc) is 3.46. The Balaban J connectivity index is 1.60. The molecule has 1 saturated heterocycles. The fourth-order valence-corrected chi connectivity index (χ4v) is 5.11. The summed E-state index contributed by atoms with van der Waals surface area (Å²) in [6.45, 7) is 4.10. The van der Waals surface area contributed by atoms with E-state index in [1.165, 1.54) is 10.9 Å². The van der Waals surface area contributed by atoms with Gasteiger partial charge in [-0.15, -0.1) is 0 Å². The van der Waals surface area contributed by atoms with E-state index in [4.69, 9.17) is 10.5 Å². The first-order chi connectivity index (χ1) is 16.9. The number of aromatic nitrogens is 3. The molecule has 2 aliphatic rings. The summed E-state index contributed by atoms with van der Waals surface area (Å²) < 4.78 is 8.53. The van der Waals surface area contributed by atoms with Gasteiger partial charge in [0.2, 0.25) is 0 Å². The summed E-state index contributed by atoms with van der Waals surface area (Å²) in [5.41, 5.74) is 7.59. The van der Waals surface area contributed by atoms with E-state index in [1.54, 1.807) is 31.4 Å². The molecule has 2 unspecified atom stereocenters. The van der Waals surface area contributed by atoms with Crippen LogP contribution in [0.3, 0.4) is 0 Å². The predicted molar refractivity (Wildman–Crippen MR) is 133 cm³/mol. The maximum atomic E-state index is 13.7. The molecule has 3 aromatic rings. The second-order valence-electron chi connectivity index (χ2n) is 9.77. The number of fused-ring (bicyclic) bond motifs is 1. The molecule has 35 heavy (non-hydrogen) atoms. The Morgan fingerprint density at radius 3 is 2.86 bits per heavy atom. The van der Waals surface area contributed by atoms with Gasteiger partial charge in [0.1, 0.15) is 34.2 Å². The molecule has 1 aromatic carbocycles. The van der Waals surface area contributed by atoms with Crippen LogP contribution in [-0.2, 0) is 13.1 Å². The fraction of sp³-hybridized carbons (Fsp3) is 0.462. The van der Waals surface area contributed by atoms with Crippen LogP contribution in [0.2, 0.25) is 0 Å². The third-order valence-corrected chi connectivity index (χ3v) is 7.27. The van der Waals surface area contributed by atoms with Gasteiger partial charge in [-0.3, -0.25) is 14.2 Å². The SMILES string of the molecule is COc1cccc(C(=O)Cn2cnc3c(C#N)c(N4CCCC(N)C4)n(CC4C[C@H]4C)c3c2=O)c1. The van der Waals surface area contributed by atoms with Gasteiger partial charge in [0, 0.05) is 31.2 Å². The van der Waals surface area contributed by atoms with Gasteiger partial charge < -0.3 is 19.9 Å². The summed E-state index contributed by atoms with van der Waals surface area (Å²) in [6.07, 6.45) is 4.33. The van der Waals surface area contributed by atoms with Crippen molar-refractivity contribution in [1.29, 1.82) is 5.26 Å². The number of hydrogen-bond donors (Lipinski definition) is 1. The number of methoxy groups -OCH3 is 1. The number of Topliss-reactive ketones (excluding diaryl/α,β-unsaturated/α-hetero) is 1. The van der Waals surface area contributed by atoms with E-state index in [2.05, 4.69) is 22.9 Å². The molecule has 1 aliphatic carbocycles. The zero-order valence-corrected chi connectivity index (χ0v) is 20.1. The molecular weight excluding hydrogens is 444 g/mol. The molecule has 9 nitrogen and oxygen atoms in total. The largest absolute Gasteiger partial charge is 0.497 e. The number of benzene rings is 1. The zero-order valence-electron chi connectivity index (χ0n) is 20.1. The second-order valence-corrected chi connectivity index (χ2v) is 9.77. The highest BCUT2D eigenvalue weighted by atomic mass is 16.5. The molecule has 0 radical (unpaired) electrons. The number of hydrogen-bond acceptors (Lipinski definition) is 7. The van der Waals surface area contributed by atoms with E-state index >= 15 is 0 Å². The van der Waals surface area contributed by atoms with E-state index in [-0.39, 0.29) is 23.9 Å². The van der Waals surface area contributed by atoms with Crippen molar-refractivity contribution >= 4 is 22.6 Å². The molecule has 9 heteroatoms. The Bertz CT molecular complexity index is 1380. The predicted octanol–water partition coefficient (Wildman–Crippen LogP) is 2.54. The number of piperidine rings is 1. The third-order valence-electron chi connectivity index (χ3n) is 7.27. The summed E-state index contributed by atoms with van der Waals surface area (Å²) in [4.78, 5) is 33.3. The van der Waals surface area contributed by atoms with Crippen LogP contribution in [0.4, 0.5) is 5.82 Å². The number of rotatable bonds is 7. The van der Waals surface area contributed by atoms with Crippen molar-refractivity contribution in [2.45, 2.75) is 45.3 Å². The lowest BCUT2D eigenvalue weighted by atomic mass is 10.1. The smallest absolute Gasteiger partial charge is 0.278 e. The summed E-state index contributed by atoms with van der Waals surface area (Å²) in [5.74, 6) is 2.11. The van der Waals surface area contributed by atoms with E-state index in [9.17, 15) is 14.9 Å². The maximum Gasteiger partial charge on any atom is 0.278 e. The first-order valence-electron chi connectivity index (χ1n) is 12.1. The van der Waals surface area contributed by atoms with Crippen molar-refractivity contribution in [2.24, 2.45) is 17.6 Å². The lowest BCUT2D eigenvalue weighted by Crippen LogP contribution is -2.44. The van der Waals surface area contributed by atoms with Crippen molar-refractivity contribution < 1.29 is 9.53 Å². The summed E-state index contributed by atoms with van der Waals surface area (Å²) in [5, 5.41) is 10.1. The van der Waals surface area contributed by atoms with Crippen molar-refractivity contribution in [3.8, 4) is 11.8 Å². The van der Waals surface area contributed by atoms with Crippen LogP contribution in [0, 0.1) is 23.2 Å². The summed E-state index contributed by atoms with van der Waals surface area (Å²) in [7, 11) is 1.54. The van der Waals surface area contributed by atoms with Gasteiger partial charge in [-0.05, 0) is 43.2 Å². The molecule has 182 valence electrons. The first-order valence-corrected chi connectivity index (χ1v) is 12.1. The molecule has 1 saturated carbocycles. The Morgan fingerprint density at radius 1 is 1.37 bits per heavy atom. The van der Waals surface area contributed by atoms with E-state index in [0.717, 1.165) is 31.6 Å². The van der Waals surface area contributed by atoms with Crippen LogP contribution in [0.25, 0.3) is 11.0 Å². The Morgan fingerprint density at radius 2 is 2.17 bits per heavy atom. The van der Waals surface area contributed by atoms with E-state index < -0.39 is 0 Å². The second kappa shape index (κ2) is 9.19. The number of nitriles is 1. The van der Waals surface area contributed by atoms with Crippen molar-refractivity contribution in [1.82, 2.24) is 14.1 Å². The normalized spacial score (nSPS) is 21.7. The molecule has 0 spiro atoms. The molecule has 0 amide bonds. The molecular formula is C26H30N6O3. The number of nitrogens with two attached hydrogens (primary N) is 1. The van der Waals surface area contributed by atoms with Gasteiger partial charge in [-0.2, -0.15) is 5.26 Å². The highest BCUT2D eigenvalue weighted by Crippen LogP contribution is 2.42. The van der Waals surface area contributed by atoms with E-state index in [1.807, 2.05) is 4.57 Å². The molecule has 1 aliphatic heterocycles. The van der Waals surface area contributed by atoms with Gasteiger partial charge in [-0.1, -0.05) is 19.1 Å². The van der Waals surface area contributed by atoms with Crippen molar-refractivity contribution in [2.75, 3.05) is 25.1 Å². The van der Waals surface area contributed by atoms with Gasteiger partial charge in [-0.25, -0.2) is 4.98 Å². The number of carbonyl (C=O) groups is 1. The highest BCUT2D eigenvalue weighted by Gasteiger charge is 2.36. The van der Waals surface area contributed by atoms with Gasteiger partial charge in [0.25, 0.3) is 5.56 Å². The number of carbonyl (C=O) groups excluding carboxylic acids is 1. The quantitative estimate of drug-likeness (QED) is 0.523. The number of ether oxygens (including phenoxy) is 1. The minimum atomic E-state index is -0.316. The van der Waals surface area contributed by atoms with Crippen LogP contribution in [0.15, 0.2) is 35.4 Å². The number of nitrogens with zero attached hydrogens (tertiary/aromatic N) is 5. The third kappa shape index (κ3) is 4.30. The molecule has 3 heterocycles. The molecule has 2 fully saturated rings. The van der Waals surface area contributed by atoms with E-state index in [0.29, 0.717) is 52.8 Å². The maximum absolute atomic E-state index is 13.7. The Hall–Kier alpha value is -3.64. The topological polar surface area (TPSA) is 119 Å². The Kier molecular flexibility index (Phi) is 6.07. The minimum Gasteiger partial charge on any atom is -0.497 e. The molecule has 2 aromatic heterocycles. The van der Waals surface area contributed by atoms with Crippen LogP contribution in [-0.4, -0.2) is 46.1 Å². The Labute approximate surface area is 203 Å². The zero-order chi connectivity index (χ0) is 24.7. The van der Waals surface area contributed by atoms with Crippen LogP contribution < -0.4 is 20.9 Å². The first kappa shape index (κ1) is 23.1. The summed E-state index contributed by atoms with van der Waals surface area (Å²) in [6, 6.07) is 9.19. The lowest BCUT2D eigenvalue weighted by molar-refractivity contribution is 0.0970. The van der Waals surface area contributed by atoms with Crippen molar-refractivity contribution in [3.05, 3.63) is 52.1 Å². The average molecular weight is 475 g/mol.